The van der Waals surface area contributed by atoms with Crippen LogP contribution < -0.4 is 11.3 Å². The van der Waals surface area contributed by atoms with Gasteiger partial charge in [0.05, 0.1) is 11.7 Å². The van der Waals surface area contributed by atoms with Crippen LogP contribution in [0.25, 0.3) is 0 Å². The Balaban J connectivity index is 2.00. The Morgan fingerprint density at radius 2 is 2.24 bits per heavy atom. The summed E-state index contributed by atoms with van der Waals surface area (Å²) in [5, 5.41) is 4.15. The number of aryl methyl sites for hydroxylation is 2. The number of hydrazine groups is 1. The molecular weight excluding hydrogens is 214 g/mol. The Labute approximate surface area is 101 Å². The molecule has 0 aliphatic rings. The predicted molar refractivity (Wildman–Crippen MR) is 65.8 cm³/mol. The number of aromatic nitrogens is 3. The van der Waals surface area contributed by atoms with E-state index in [4.69, 9.17) is 5.84 Å². The standard InChI is InChI=1S/C12H17N5/c1-17-12(7-9-15-17)11(16-13)6-5-10-4-2-3-8-14-10/h2-4,7-9,11,16H,5-6,13H2,1H3. The molecule has 5 nitrogen and oxygen atoms in total. The van der Waals surface area contributed by atoms with Gasteiger partial charge in [0.15, 0.2) is 0 Å². The molecule has 0 radical (unpaired) electrons. The lowest BCUT2D eigenvalue weighted by atomic mass is 10.1. The number of nitrogens with zero attached hydrogens (tertiary/aromatic N) is 3. The third kappa shape index (κ3) is 2.89. The maximum Gasteiger partial charge on any atom is 0.0632 e. The van der Waals surface area contributed by atoms with Gasteiger partial charge in [-0.2, -0.15) is 5.10 Å². The normalized spacial score (nSPS) is 12.6. The SMILES string of the molecule is Cn1nccc1C(CCc1ccccn1)NN. The number of hydrogen-bond acceptors (Lipinski definition) is 4. The maximum atomic E-state index is 5.59. The van der Waals surface area contributed by atoms with Crippen LogP contribution in [0.5, 0.6) is 0 Å². The Hall–Kier alpha value is -1.72. The summed E-state index contributed by atoms with van der Waals surface area (Å²) in [6.45, 7) is 0. The first-order valence-electron chi connectivity index (χ1n) is 5.65. The Kier molecular flexibility index (Phi) is 3.85. The van der Waals surface area contributed by atoms with Gasteiger partial charge in [-0.1, -0.05) is 6.07 Å². The molecule has 0 aromatic carbocycles. The van der Waals surface area contributed by atoms with E-state index in [0.29, 0.717) is 0 Å². The molecule has 90 valence electrons. The maximum absolute atomic E-state index is 5.59. The van der Waals surface area contributed by atoms with Crippen molar-refractivity contribution in [2.75, 3.05) is 0 Å². The van der Waals surface area contributed by atoms with Crippen molar-refractivity contribution < 1.29 is 0 Å². The second kappa shape index (κ2) is 5.56. The number of hydrogen-bond donors (Lipinski definition) is 2. The topological polar surface area (TPSA) is 68.8 Å². The lowest BCUT2D eigenvalue weighted by Gasteiger charge is -2.15. The lowest BCUT2D eigenvalue weighted by molar-refractivity contribution is 0.478. The summed E-state index contributed by atoms with van der Waals surface area (Å²) in [5.41, 5.74) is 4.99. The minimum absolute atomic E-state index is 0.101. The third-order valence-electron chi connectivity index (χ3n) is 2.83. The van der Waals surface area contributed by atoms with E-state index >= 15 is 0 Å². The highest BCUT2D eigenvalue weighted by Gasteiger charge is 2.13. The second-order valence-corrected chi connectivity index (χ2v) is 3.96. The van der Waals surface area contributed by atoms with Gasteiger partial charge in [-0.25, -0.2) is 0 Å². The summed E-state index contributed by atoms with van der Waals surface area (Å²) in [4.78, 5) is 4.30. The minimum atomic E-state index is 0.101. The molecule has 2 aromatic rings. The molecule has 0 spiro atoms. The molecule has 0 saturated carbocycles. The highest BCUT2D eigenvalue weighted by molar-refractivity contribution is 5.09. The van der Waals surface area contributed by atoms with Crippen molar-refractivity contribution in [3.05, 3.63) is 48.0 Å². The summed E-state index contributed by atoms with van der Waals surface area (Å²) >= 11 is 0. The van der Waals surface area contributed by atoms with Crippen molar-refractivity contribution in [1.29, 1.82) is 0 Å². The van der Waals surface area contributed by atoms with Crippen LogP contribution in [0.1, 0.15) is 23.9 Å². The molecule has 3 N–H and O–H groups in total. The van der Waals surface area contributed by atoms with Gasteiger partial charge in [0.25, 0.3) is 0 Å². The van der Waals surface area contributed by atoms with Crippen molar-refractivity contribution in [1.82, 2.24) is 20.2 Å². The molecule has 0 aliphatic heterocycles. The van der Waals surface area contributed by atoms with Crippen LogP contribution in [0.3, 0.4) is 0 Å². The summed E-state index contributed by atoms with van der Waals surface area (Å²) in [7, 11) is 1.92. The summed E-state index contributed by atoms with van der Waals surface area (Å²) in [5.74, 6) is 5.59. The molecule has 2 rings (SSSR count). The fourth-order valence-corrected chi connectivity index (χ4v) is 1.88. The smallest absolute Gasteiger partial charge is 0.0632 e. The van der Waals surface area contributed by atoms with Gasteiger partial charge in [-0.15, -0.1) is 0 Å². The molecule has 17 heavy (non-hydrogen) atoms. The van der Waals surface area contributed by atoms with E-state index in [9.17, 15) is 0 Å². The Morgan fingerprint density at radius 3 is 2.82 bits per heavy atom. The Morgan fingerprint density at radius 1 is 1.35 bits per heavy atom. The van der Waals surface area contributed by atoms with Gasteiger partial charge in [0.1, 0.15) is 0 Å². The molecule has 1 atom stereocenters. The van der Waals surface area contributed by atoms with Crippen LogP contribution >= 0.6 is 0 Å². The molecule has 1 unspecified atom stereocenters. The molecular formula is C12H17N5. The molecule has 2 heterocycles. The van der Waals surface area contributed by atoms with E-state index in [1.807, 2.05) is 42.2 Å². The Bertz CT molecular complexity index is 451. The van der Waals surface area contributed by atoms with Crippen LogP contribution in [0.15, 0.2) is 36.7 Å². The monoisotopic (exact) mass is 231 g/mol. The lowest BCUT2D eigenvalue weighted by Crippen LogP contribution is -2.30. The van der Waals surface area contributed by atoms with Gasteiger partial charge in [0.2, 0.25) is 0 Å². The minimum Gasteiger partial charge on any atom is -0.271 e. The van der Waals surface area contributed by atoms with Gasteiger partial charge < -0.3 is 0 Å². The fraction of sp³-hybridized carbons (Fsp3) is 0.333. The van der Waals surface area contributed by atoms with E-state index in [2.05, 4.69) is 15.5 Å². The largest absolute Gasteiger partial charge is 0.271 e. The quantitative estimate of drug-likeness (QED) is 0.594. The molecule has 2 aromatic heterocycles. The first kappa shape index (κ1) is 11.8. The van der Waals surface area contributed by atoms with Gasteiger partial charge in [-0.05, 0) is 31.0 Å². The van der Waals surface area contributed by atoms with E-state index in [1.54, 1.807) is 6.20 Å². The zero-order chi connectivity index (χ0) is 12.1. The highest BCUT2D eigenvalue weighted by atomic mass is 15.3. The van der Waals surface area contributed by atoms with Crippen LogP contribution in [-0.4, -0.2) is 14.8 Å². The van der Waals surface area contributed by atoms with Crippen molar-refractivity contribution in [2.45, 2.75) is 18.9 Å². The predicted octanol–water partition coefficient (Wildman–Crippen LogP) is 0.952. The molecule has 5 heteroatoms. The summed E-state index contributed by atoms with van der Waals surface area (Å²) < 4.78 is 1.84. The average Bonchev–Trinajstić information content (AvgIpc) is 2.78. The summed E-state index contributed by atoms with van der Waals surface area (Å²) in [6, 6.07) is 8.02. The number of pyridine rings is 1. The van der Waals surface area contributed by atoms with E-state index in [-0.39, 0.29) is 6.04 Å². The van der Waals surface area contributed by atoms with Crippen molar-refractivity contribution in [3.63, 3.8) is 0 Å². The summed E-state index contributed by atoms with van der Waals surface area (Å²) in [6.07, 6.45) is 5.37. The van der Waals surface area contributed by atoms with Gasteiger partial charge in [-0.3, -0.25) is 20.9 Å². The molecule has 0 fully saturated rings. The van der Waals surface area contributed by atoms with Crippen LogP contribution in [0.2, 0.25) is 0 Å². The molecule has 0 saturated heterocycles. The number of rotatable bonds is 5. The van der Waals surface area contributed by atoms with Crippen molar-refractivity contribution >= 4 is 0 Å². The second-order valence-electron chi connectivity index (χ2n) is 3.96. The van der Waals surface area contributed by atoms with Gasteiger partial charge in [0, 0.05) is 25.1 Å². The zero-order valence-corrected chi connectivity index (χ0v) is 9.87. The molecule has 0 aliphatic carbocycles. The first-order chi connectivity index (χ1) is 8.31. The number of nitrogens with one attached hydrogen (secondary N) is 1. The van der Waals surface area contributed by atoms with E-state index in [0.717, 1.165) is 24.2 Å². The van der Waals surface area contributed by atoms with Crippen molar-refractivity contribution in [3.8, 4) is 0 Å². The van der Waals surface area contributed by atoms with Gasteiger partial charge >= 0.3 is 0 Å². The zero-order valence-electron chi connectivity index (χ0n) is 9.87. The molecule has 0 bridgehead atoms. The highest BCUT2D eigenvalue weighted by Crippen LogP contribution is 2.16. The fourth-order valence-electron chi connectivity index (χ4n) is 1.88. The number of nitrogens with two attached hydrogens (primary N) is 1. The van der Waals surface area contributed by atoms with Crippen LogP contribution in [0.4, 0.5) is 0 Å². The average molecular weight is 231 g/mol. The first-order valence-corrected chi connectivity index (χ1v) is 5.65. The van der Waals surface area contributed by atoms with Crippen LogP contribution in [-0.2, 0) is 13.5 Å². The third-order valence-corrected chi connectivity index (χ3v) is 2.83. The van der Waals surface area contributed by atoms with Crippen molar-refractivity contribution in [2.24, 2.45) is 12.9 Å². The van der Waals surface area contributed by atoms with Crippen LogP contribution in [0, 0.1) is 0 Å². The van der Waals surface area contributed by atoms with E-state index < -0.39 is 0 Å². The van der Waals surface area contributed by atoms with E-state index in [1.165, 1.54) is 0 Å². The molecule has 0 amide bonds.